The van der Waals surface area contributed by atoms with Gasteiger partial charge < -0.3 is 10.1 Å². The lowest BCUT2D eigenvalue weighted by Gasteiger charge is -2.13. The van der Waals surface area contributed by atoms with Gasteiger partial charge in [-0.2, -0.15) is 5.26 Å². The number of nitrogens with one attached hydrogen (secondary N) is 1. The lowest BCUT2D eigenvalue weighted by Crippen LogP contribution is -2.27. The second kappa shape index (κ2) is 4.86. The van der Waals surface area contributed by atoms with Gasteiger partial charge in [0.05, 0.1) is 11.9 Å². The third-order valence-corrected chi connectivity index (χ3v) is 4.36. The molecule has 1 N–H and O–H groups in total. The molecule has 18 heavy (non-hydrogen) atoms. The number of pyridine rings is 1. The first-order chi connectivity index (χ1) is 8.66. The molecule has 5 nitrogen and oxygen atoms in total. The molecule has 1 aliphatic rings. The molecule has 0 aromatic carbocycles. The van der Waals surface area contributed by atoms with E-state index in [2.05, 4.69) is 10.3 Å². The molecule has 1 fully saturated rings. The number of amides is 1. The second-order valence-corrected chi connectivity index (χ2v) is 5.19. The monoisotopic (exact) mass is 263 g/mol. The summed E-state index contributed by atoms with van der Waals surface area (Å²) in [6.07, 6.45) is 5.16. The summed E-state index contributed by atoms with van der Waals surface area (Å²) in [5, 5.41) is 11.8. The van der Waals surface area contributed by atoms with Crippen molar-refractivity contribution in [1.29, 1.82) is 5.26 Å². The molecular formula is C12H13N3O2S. The van der Waals surface area contributed by atoms with Gasteiger partial charge >= 0.3 is 0 Å². The van der Waals surface area contributed by atoms with Crippen molar-refractivity contribution in [3.63, 3.8) is 0 Å². The molecule has 1 aromatic heterocycles. The van der Waals surface area contributed by atoms with Crippen LogP contribution in [0.3, 0.4) is 0 Å². The number of ether oxygens (including phenoxy) is 1. The van der Waals surface area contributed by atoms with Gasteiger partial charge in [-0.1, -0.05) is 0 Å². The topological polar surface area (TPSA) is 75.0 Å². The zero-order valence-electron chi connectivity index (χ0n) is 10.2. The van der Waals surface area contributed by atoms with E-state index in [-0.39, 0.29) is 22.0 Å². The maximum Gasteiger partial charge on any atom is 0.241 e. The largest absolute Gasteiger partial charge is 0.495 e. The zero-order valence-corrected chi connectivity index (χ0v) is 11.0. The predicted molar refractivity (Wildman–Crippen MR) is 69.6 cm³/mol. The van der Waals surface area contributed by atoms with Crippen LogP contribution in [0.4, 0.5) is 5.82 Å². The SMILES string of the molecule is COc1ccnc(NC(=O)C2(SC)CC2)c1C#N. The Bertz CT molecular complexity index is 521. The van der Waals surface area contributed by atoms with E-state index in [0.717, 1.165) is 12.8 Å². The molecule has 0 unspecified atom stereocenters. The van der Waals surface area contributed by atoms with Crippen molar-refractivity contribution in [3.8, 4) is 11.8 Å². The Kier molecular flexibility index (Phi) is 3.43. The minimum atomic E-state index is -0.336. The van der Waals surface area contributed by atoms with Gasteiger partial charge in [0.2, 0.25) is 5.91 Å². The van der Waals surface area contributed by atoms with Gasteiger partial charge in [0, 0.05) is 6.20 Å². The number of methoxy groups -OCH3 is 1. The first kappa shape index (κ1) is 12.7. The summed E-state index contributed by atoms with van der Waals surface area (Å²) in [7, 11) is 1.48. The number of carbonyl (C=O) groups is 1. The van der Waals surface area contributed by atoms with Gasteiger partial charge in [-0.05, 0) is 25.2 Å². The first-order valence-corrected chi connectivity index (χ1v) is 6.69. The molecule has 1 heterocycles. The Morgan fingerprint density at radius 2 is 2.39 bits per heavy atom. The van der Waals surface area contributed by atoms with Crippen molar-refractivity contribution in [1.82, 2.24) is 4.98 Å². The summed E-state index contributed by atoms with van der Waals surface area (Å²) in [4.78, 5) is 16.1. The average molecular weight is 263 g/mol. The van der Waals surface area contributed by atoms with Gasteiger partial charge in [-0.15, -0.1) is 11.8 Å². The molecular weight excluding hydrogens is 250 g/mol. The molecule has 1 aromatic rings. The normalized spacial score (nSPS) is 15.6. The van der Waals surface area contributed by atoms with Gasteiger partial charge in [0.25, 0.3) is 0 Å². The van der Waals surface area contributed by atoms with E-state index in [0.29, 0.717) is 5.75 Å². The number of nitriles is 1. The predicted octanol–water partition coefficient (Wildman–Crippen LogP) is 1.80. The van der Waals surface area contributed by atoms with Crippen LogP contribution in [0.1, 0.15) is 18.4 Å². The van der Waals surface area contributed by atoms with Crippen LogP contribution in [0.25, 0.3) is 0 Å². The van der Waals surface area contributed by atoms with Crippen molar-refractivity contribution in [2.75, 3.05) is 18.7 Å². The maximum absolute atomic E-state index is 12.1. The van der Waals surface area contributed by atoms with Crippen LogP contribution < -0.4 is 10.1 Å². The molecule has 0 atom stereocenters. The Morgan fingerprint density at radius 1 is 1.67 bits per heavy atom. The molecule has 0 radical (unpaired) electrons. The molecule has 0 aliphatic heterocycles. The summed E-state index contributed by atoms with van der Waals surface area (Å²) in [6, 6.07) is 3.59. The summed E-state index contributed by atoms with van der Waals surface area (Å²) in [5.74, 6) is 0.589. The van der Waals surface area contributed by atoms with Crippen LogP contribution in [0.5, 0.6) is 5.75 Å². The van der Waals surface area contributed by atoms with E-state index in [1.54, 1.807) is 6.07 Å². The summed E-state index contributed by atoms with van der Waals surface area (Å²) < 4.78 is 4.73. The fourth-order valence-corrected chi connectivity index (χ4v) is 2.42. The van der Waals surface area contributed by atoms with Gasteiger partial charge in [-0.25, -0.2) is 4.98 Å². The van der Waals surface area contributed by atoms with Crippen molar-refractivity contribution >= 4 is 23.5 Å². The van der Waals surface area contributed by atoms with Crippen LogP contribution in [0.2, 0.25) is 0 Å². The molecule has 0 saturated heterocycles. The number of rotatable bonds is 4. The molecule has 2 rings (SSSR count). The Balaban J connectivity index is 2.25. The Hall–Kier alpha value is -1.74. The average Bonchev–Trinajstić information content (AvgIpc) is 3.19. The van der Waals surface area contributed by atoms with E-state index >= 15 is 0 Å². The number of anilines is 1. The highest BCUT2D eigenvalue weighted by atomic mass is 32.2. The highest BCUT2D eigenvalue weighted by Crippen LogP contribution is 2.48. The highest BCUT2D eigenvalue weighted by molar-refractivity contribution is 8.01. The van der Waals surface area contributed by atoms with Crippen molar-refractivity contribution in [3.05, 3.63) is 17.8 Å². The smallest absolute Gasteiger partial charge is 0.241 e. The molecule has 1 saturated carbocycles. The second-order valence-electron chi connectivity index (χ2n) is 4.00. The lowest BCUT2D eigenvalue weighted by atomic mass is 10.2. The minimum Gasteiger partial charge on any atom is -0.495 e. The van der Waals surface area contributed by atoms with E-state index in [1.807, 2.05) is 12.3 Å². The summed E-state index contributed by atoms with van der Waals surface area (Å²) in [6.45, 7) is 0. The molecule has 94 valence electrons. The van der Waals surface area contributed by atoms with Gasteiger partial charge in [0.1, 0.15) is 17.4 Å². The number of nitrogens with zero attached hydrogens (tertiary/aromatic N) is 2. The van der Waals surface area contributed by atoms with Crippen LogP contribution in [-0.4, -0.2) is 29.0 Å². The van der Waals surface area contributed by atoms with E-state index in [1.165, 1.54) is 25.1 Å². The van der Waals surface area contributed by atoms with Crippen LogP contribution in [0, 0.1) is 11.3 Å². The standard InChI is InChI=1S/C12H13N3O2S/c1-17-9-3-6-14-10(8(9)7-13)15-11(16)12(18-2)4-5-12/h3,6H,4-5H2,1-2H3,(H,14,15,16). The number of thioether (sulfide) groups is 1. The zero-order chi connectivity index (χ0) is 13.2. The van der Waals surface area contributed by atoms with E-state index in [4.69, 9.17) is 10.00 Å². The van der Waals surface area contributed by atoms with Crippen molar-refractivity contribution < 1.29 is 9.53 Å². The fourth-order valence-electron chi connectivity index (χ4n) is 1.68. The number of hydrogen-bond acceptors (Lipinski definition) is 5. The molecule has 1 aliphatic carbocycles. The summed E-state index contributed by atoms with van der Waals surface area (Å²) in [5.41, 5.74) is 0.255. The van der Waals surface area contributed by atoms with E-state index in [9.17, 15) is 4.79 Å². The van der Waals surface area contributed by atoms with Gasteiger partial charge in [0.15, 0.2) is 5.82 Å². The molecule has 1 amide bonds. The molecule has 0 spiro atoms. The van der Waals surface area contributed by atoms with Crippen LogP contribution >= 0.6 is 11.8 Å². The maximum atomic E-state index is 12.1. The third kappa shape index (κ3) is 2.14. The fraction of sp³-hybridized carbons (Fsp3) is 0.417. The van der Waals surface area contributed by atoms with Gasteiger partial charge in [-0.3, -0.25) is 4.79 Å². The van der Waals surface area contributed by atoms with Crippen molar-refractivity contribution in [2.45, 2.75) is 17.6 Å². The molecule has 0 bridgehead atoms. The molecule has 6 heteroatoms. The first-order valence-electron chi connectivity index (χ1n) is 5.46. The van der Waals surface area contributed by atoms with E-state index < -0.39 is 0 Å². The third-order valence-electron chi connectivity index (χ3n) is 2.99. The minimum absolute atomic E-state index is 0.0905. The van der Waals surface area contributed by atoms with Crippen molar-refractivity contribution in [2.24, 2.45) is 0 Å². The summed E-state index contributed by atoms with van der Waals surface area (Å²) >= 11 is 1.53. The number of hydrogen-bond donors (Lipinski definition) is 1. The number of aromatic nitrogens is 1. The Labute approximate surface area is 110 Å². The highest BCUT2D eigenvalue weighted by Gasteiger charge is 2.49. The number of carbonyl (C=O) groups excluding carboxylic acids is 1. The van der Waals surface area contributed by atoms with Crippen LogP contribution in [-0.2, 0) is 4.79 Å². The Morgan fingerprint density at radius 3 is 2.89 bits per heavy atom. The van der Waals surface area contributed by atoms with Crippen LogP contribution in [0.15, 0.2) is 12.3 Å². The quantitative estimate of drug-likeness (QED) is 0.896. The lowest BCUT2D eigenvalue weighted by molar-refractivity contribution is -0.116.